The van der Waals surface area contributed by atoms with Crippen molar-refractivity contribution in [3.05, 3.63) is 96.1 Å². The summed E-state index contributed by atoms with van der Waals surface area (Å²) in [6.07, 6.45) is -0.498. The van der Waals surface area contributed by atoms with Gasteiger partial charge in [0.2, 0.25) is 11.8 Å². The van der Waals surface area contributed by atoms with E-state index in [0.717, 1.165) is 11.1 Å². The van der Waals surface area contributed by atoms with Crippen LogP contribution >= 0.6 is 0 Å². The van der Waals surface area contributed by atoms with Gasteiger partial charge in [0.05, 0.1) is 11.3 Å². The molecule has 4 rings (SSSR count). The predicted octanol–water partition coefficient (Wildman–Crippen LogP) is 5.25. The second-order valence-electron chi connectivity index (χ2n) is 10.8. The van der Waals surface area contributed by atoms with Gasteiger partial charge in [0.25, 0.3) is 5.91 Å². The van der Waals surface area contributed by atoms with Gasteiger partial charge < -0.3 is 31.4 Å². The third-order valence-electron chi connectivity index (χ3n) is 7.09. The number of nitrogens with zero attached hydrogens (tertiary/aromatic N) is 1. The molecule has 3 amide bonds. The van der Waals surface area contributed by atoms with E-state index >= 15 is 0 Å². The molecule has 7 N–H and O–H groups in total. The summed E-state index contributed by atoms with van der Waals surface area (Å²) in [6, 6.07) is 23.9. The number of amidine groups is 1. The lowest BCUT2D eigenvalue weighted by molar-refractivity contribution is -0.137. The van der Waals surface area contributed by atoms with Crippen molar-refractivity contribution < 1.29 is 24.3 Å². The molecule has 11 heteroatoms. The number of carboxylic acid groups (broad SMARTS) is 1. The highest BCUT2D eigenvalue weighted by atomic mass is 16.4. The molecular formula is C34H36N6O5. The van der Waals surface area contributed by atoms with Crippen LogP contribution in [0.3, 0.4) is 0 Å². The monoisotopic (exact) mass is 608 g/mol. The van der Waals surface area contributed by atoms with E-state index in [1.807, 2.05) is 79.1 Å². The van der Waals surface area contributed by atoms with Crippen molar-refractivity contribution in [2.24, 2.45) is 5.73 Å². The van der Waals surface area contributed by atoms with Crippen molar-refractivity contribution in [3.63, 3.8) is 0 Å². The molecule has 0 aliphatic rings. The molecular weight excluding hydrogens is 572 g/mol. The van der Waals surface area contributed by atoms with Crippen molar-refractivity contribution in [2.45, 2.75) is 45.7 Å². The van der Waals surface area contributed by atoms with Crippen LogP contribution in [0.1, 0.15) is 55.6 Å². The molecule has 0 saturated heterocycles. The maximum Gasteiger partial charge on any atom is 0.303 e. The lowest BCUT2D eigenvalue weighted by Gasteiger charge is -2.21. The van der Waals surface area contributed by atoms with Gasteiger partial charge in [-0.05, 0) is 55.7 Å². The zero-order valence-corrected chi connectivity index (χ0v) is 25.3. The third-order valence-corrected chi connectivity index (χ3v) is 7.09. The average Bonchev–Trinajstić information content (AvgIpc) is 3.35. The first-order valence-corrected chi connectivity index (χ1v) is 14.4. The summed E-state index contributed by atoms with van der Waals surface area (Å²) >= 11 is 0. The van der Waals surface area contributed by atoms with E-state index in [1.165, 1.54) is 6.92 Å². The number of carbonyl (C=O) groups is 4. The molecule has 0 bridgehead atoms. The fraction of sp³-hybridized carbons (Fsp3) is 0.206. The quantitative estimate of drug-likeness (QED) is 0.0944. The van der Waals surface area contributed by atoms with Crippen LogP contribution in [0.4, 0.5) is 11.5 Å². The first kappa shape index (κ1) is 32.2. The van der Waals surface area contributed by atoms with Crippen LogP contribution in [0.2, 0.25) is 0 Å². The topological polar surface area (TPSA) is 179 Å². The van der Waals surface area contributed by atoms with Crippen LogP contribution in [0.15, 0.2) is 84.9 Å². The zero-order valence-electron chi connectivity index (χ0n) is 25.3. The summed E-state index contributed by atoms with van der Waals surface area (Å²) in [6.45, 7) is 5.10. The number of aromatic nitrogens is 1. The second-order valence-corrected chi connectivity index (χ2v) is 10.8. The van der Waals surface area contributed by atoms with Crippen LogP contribution in [0, 0.1) is 5.41 Å². The van der Waals surface area contributed by atoms with Gasteiger partial charge in [0.1, 0.15) is 17.7 Å². The Kier molecular flexibility index (Phi) is 10.1. The highest BCUT2D eigenvalue weighted by molar-refractivity contribution is 6.17. The summed E-state index contributed by atoms with van der Waals surface area (Å²) < 4.78 is 1.87. The van der Waals surface area contributed by atoms with Gasteiger partial charge in [0.15, 0.2) is 0 Å². The molecule has 1 unspecified atom stereocenters. The average molecular weight is 609 g/mol. The van der Waals surface area contributed by atoms with Gasteiger partial charge >= 0.3 is 5.97 Å². The Bertz CT molecular complexity index is 1710. The Labute approximate surface area is 261 Å². The van der Waals surface area contributed by atoms with E-state index in [-0.39, 0.29) is 36.1 Å². The molecule has 45 heavy (non-hydrogen) atoms. The van der Waals surface area contributed by atoms with Gasteiger partial charge in [-0.2, -0.15) is 0 Å². The molecule has 0 spiro atoms. The molecule has 1 heterocycles. The minimum atomic E-state index is -1.16. The second kappa shape index (κ2) is 14.2. The van der Waals surface area contributed by atoms with Gasteiger partial charge in [-0.3, -0.25) is 24.6 Å². The zero-order chi connectivity index (χ0) is 32.7. The molecule has 11 nitrogen and oxygen atoms in total. The van der Waals surface area contributed by atoms with Crippen LogP contribution in [0.25, 0.3) is 22.4 Å². The summed E-state index contributed by atoms with van der Waals surface area (Å²) in [7, 11) is 0. The van der Waals surface area contributed by atoms with Gasteiger partial charge in [-0.15, -0.1) is 0 Å². The summed E-state index contributed by atoms with van der Waals surface area (Å²) in [5.74, 6) is -2.71. The highest BCUT2D eigenvalue weighted by Crippen LogP contribution is 2.44. The number of aliphatic carboxylic acids is 1. The van der Waals surface area contributed by atoms with Crippen molar-refractivity contribution in [3.8, 4) is 22.4 Å². The number of amides is 3. The van der Waals surface area contributed by atoms with Gasteiger partial charge in [-0.1, -0.05) is 60.7 Å². The molecule has 4 aromatic rings. The maximum atomic E-state index is 14.3. The van der Waals surface area contributed by atoms with E-state index in [4.69, 9.17) is 11.1 Å². The van der Waals surface area contributed by atoms with Crippen LogP contribution < -0.4 is 21.7 Å². The minimum Gasteiger partial charge on any atom is -0.481 e. The van der Waals surface area contributed by atoms with E-state index in [2.05, 4.69) is 16.0 Å². The Morgan fingerprint density at radius 1 is 0.867 bits per heavy atom. The fourth-order valence-electron chi connectivity index (χ4n) is 5.13. The summed E-state index contributed by atoms with van der Waals surface area (Å²) in [5, 5.41) is 25.3. The number of carbonyl (C=O) groups excluding carboxylic acids is 3. The molecule has 0 aliphatic heterocycles. The normalized spacial score (nSPS) is 11.5. The molecule has 0 fully saturated rings. The van der Waals surface area contributed by atoms with Gasteiger partial charge in [-0.25, -0.2) is 0 Å². The summed E-state index contributed by atoms with van der Waals surface area (Å²) in [4.78, 5) is 51.4. The van der Waals surface area contributed by atoms with E-state index in [1.54, 1.807) is 24.3 Å². The predicted molar refractivity (Wildman–Crippen MR) is 174 cm³/mol. The molecule has 232 valence electrons. The lowest BCUT2D eigenvalue weighted by atomic mass is 9.96. The number of hydrogen-bond acceptors (Lipinski definition) is 5. The number of carboxylic acids is 1. The number of nitrogens with two attached hydrogens (primary N) is 1. The van der Waals surface area contributed by atoms with E-state index in [0.29, 0.717) is 22.5 Å². The largest absolute Gasteiger partial charge is 0.481 e. The van der Waals surface area contributed by atoms with Crippen LogP contribution in [0.5, 0.6) is 0 Å². The molecule has 0 radical (unpaired) electrons. The highest BCUT2D eigenvalue weighted by Gasteiger charge is 2.33. The lowest BCUT2D eigenvalue weighted by Crippen LogP contribution is -2.43. The maximum absolute atomic E-state index is 14.3. The number of anilines is 2. The smallest absolute Gasteiger partial charge is 0.303 e. The third kappa shape index (κ3) is 7.63. The minimum absolute atomic E-state index is 0.109. The van der Waals surface area contributed by atoms with Gasteiger partial charge in [0, 0.05) is 36.2 Å². The Hall–Kier alpha value is -5.71. The first-order chi connectivity index (χ1) is 21.5. The number of hydrogen-bond donors (Lipinski definition) is 6. The Morgan fingerprint density at radius 2 is 1.44 bits per heavy atom. The Balaban J connectivity index is 1.96. The fourth-order valence-corrected chi connectivity index (χ4v) is 5.13. The number of benzene rings is 3. The van der Waals surface area contributed by atoms with Crippen LogP contribution in [-0.4, -0.2) is 45.2 Å². The number of rotatable bonds is 12. The Morgan fingerprint density at radius 3 is 1.96 bits per heavy atom. The van der Waals surface area contributed by atoms with Crippen molar-refractivity contribution in [1.82, 2.24) is 9.88 Å². The first-order valence-electron chi connectivity index (χ1n) is 14.4. The SMILES string of the molecule is CC(=O)NC(CCC(=O)O)C(=O)Nc1c(C(=O)Nc2ccc(C(=N)N)cc2)c(-c2ccccc2)c(-c2ccccc2)n1C(C)C. The standard InChI is InChI=1S/C34H36N6O5/c1-20(2)40-30(23-12-8-5-9-13-23)28(22-10-6-4-7-11-22)29(34(45)38-25-16-14-24(15-17-25)31(35)36)32(40)39-33(44)26(37-21(3)41)18-19-27(42)43/h4-17,20,26H,18-19H2,1-3H3,(H3,35,36)(H,37,41)(H,38,45)(H,39,44)(H,42,43). The number of nitrogens with one attached hydrogen (secondary N) is 4. The molecule has 3 aromatic carbocycles. The summed E-state index contributed by atoms with van der Waals surface area (Å²) in [5.41, 5.74) is 9.50. The van der Waals surface area contributed by atoms with Crippen LogP contribution in [-0.2, 0) is 14.4 Å². The number of nitrogen functional groups attached to an aromatic ring is 1. The van der Waals surface area contributed by atoms with E-state index in [9.17, 15) is 24.3 Å². The van der Waals surface area contributed by atoms with Crippen molar-refractivity contribution in [2.75, 3.05) is 10.6 Å². The molecule has 0 aliphatic carbocycles. The van der Waals surface area contributed by atoms with E-state index < -0.39 is 29.7 Å². The molecule has 1 aromatic heterocycles. The van der Waals surface area contributed by atoms with Crippen molar-refractivity contribution >= 4 is 41.0 Å². The molecule has 1 atom stereocenters. The molecule has 0 saturated carbocycles. The van der Waals surface area contributed by atoms with Crippen molar-refractivity contribution in [1.29, 1.82) is 5.41 Å².